The molecule has 1 aliphatic heterocycles. The second-order valence-electron chi connectivity index (χ2n) is 5.81. The van der Waals surface area contributed by atoms with E-state index in [4.69, 9.17) is 0 Å². The highest BCUT2D eigenvalue weighted by Gasteiger charge is 2.27. The smallest absolute Gasteiger partial charge is 0.265 e. The highest BCUT2D eigenvalue weighted by Crippen LogP contribution is 2.26. The molecule has 0 spiro atoms. The van der Waals surface area contributed by atoms with Crippen molar-refractivity contribution >= 4 is 32.9 Å². The zero-order valence-electron chi connectivity index (χ0n) is 12.8. The van der Waals surface area contributed by atoms with Gasteiger partial charge < -0.3 is 4.90 Å². The minimum atomic E-state index is -0.0663. The minimum Gasteiger partial charge on any atom is -0.340 e. The molecule has 23 heavy (non-hydrogen) atoms. The Labute approximate surface area is 140 Å². The van der Waals surface area contributed by atoms with E-state index in [1.165, 1.54) is 0 Å². The lowest BCUT2D eigenvalue weighted by atomic mass is 10.3. The number of fused-ring (bicyclic) bond motifs is 1. The van der Waals surface area contributed by atoms with Crippen LogP contribution in [0.2, 0.25) is 0 Å². The van der Waals surface area contributed by atoms with Crippen LogP contribution < -0.4 is 10.5 Å². The van der Waals surface area contributed by atoms with E-state index in [2.05, 4.69) is 36.0 Å². The third-order valence-electron chi connectivity index (χ3n) is 4.34. The standard InChI is InChI=1S/C14H16BrN7O/c1-19-13(23)11-6-16-20(2)12(11)18-14(19)21-4-3-10(8-21)22-7-9(15)5-17-22/h5-7,10H,3-4,8H2,1-2H3. The highest BCUT2D eigenvalue weighted by molar-refractivity contribution is 9.10. The monoisotopic (exact) mass is 377 g/mol. The Balaban J connectivity index is 1.71. The molecule has 0 aromatic carbocycles. The molecule has 4 heterocycles. The predicted octanol–water partition coefficient (Wildman–Crippen LogP) is 1.08. The van der Waals surface area contributed by atoms with Crippen molar-refractivity contribution < 1.29 is 0 Å². The van der Waals surface area contributed by atoms with Gasteiger partial charge >= 0.3 is 0 Å². The molecule has 9 heteroatoms. The fraction of sp³-hybridized carbons (Fsp3) is 0.429. The van der Waals surface area contributed by atoms with Crippen LogP contribution in [-0.2, 0) is 14.1 Å². The van der Waals surface area contributed by atoms with Crippen LogP contribution in [0, 0.1) is 0 Å². The van der Waals surface area contributed by atoms with Crippen molar-refractivity contribution in [2.45, 2.75) is 12.5 Å². The first-order chi connectivity index (χ1) is 11.0. The molecule has 0 N–H and O–H groups in total. The molecule has 120 valence electrons. The Morgan fingerprint density at radius 1 is 1.26 bits per heavy atom. The van der Waals surface area contributed by atoms with Crippen LogP contribution in [0.15, 0.2) is 27.9 Å². The lowest BCUT2D eigenvalue weighted by molar-refractivity contribution is 0.493. The molecule has 8 nitrogen and oxygen atoms in total. The number of rotatable bonds is 2. The lowest BCUT2D eigenvalue weighted by Crippen LogP contribution is -2.30. The molecule has 0 amide bonds. The van der Waals surface area contributed by atoms with Crippen LogP contribution >= 0.6 is 15.9 Å². The van der Waals surface area contributed by atoms with E-state index < -0.39 is 0 Å². The molecule has 0 saturated carbocycles. The van der Waals surface area contributed by atoms with E-state index in [1.54, 1.807) is 35.7 Å². The van der Waals surface area contributed by atoms with E-state index >= 15 is 0 Å². The number of nitrogens with zero attached hydrogens (tertiary/aromatic N) is 7. The summed E-state index contributed by atoms with van der Waals surface area (Å²) < 4.78 is 6.17. The van der Waals surface area contributed by atoms with Gasteiger partial charge in [0, 0.05) is 33.4 Å². The average molecular weight is 378 g/mol. The normalized spacial score (nSPS) is 18.2. The molecular weight excluding hydrogens is 362 g/mol. The van der Waals surface area contributed by atoms with Crippen LogP contribution in [0.1, 0.15) is 12.5 Å². The second kappa shape index (κ2) is 5.19. The summed E-state index contributed by atoms with van der Waals surface area (Å²) in [5, 5.41) is 9.04. The van der Waals surface area contributed by atoms with Gasteiger partial charge in [-0.05, 0) is 22.4 Å². The van der Waals surface area contributed by atoms with Gasteiger partial charge in [0.2, 0.25) is 5.95 Å². The number of hydrogen-bond donors (Lipinski definition) is 0. The lowest BCUT2D eigenvalue weighted by Gasteiger charge is -2.20. The number of anilines is 1. The largest absolute Gasteiger partial charge is 0.340 e. The van der Waals surface area contributed by atoms with Gasteiger partial charge in [0.1, 0.15) is 5.39 Å². The van der Waals surface area contributed by atoms with E-state index in [-0.39, 0.29) is 11.6 Å². The van der Waals surface area contributed by atoms with Gasteiger partial charge in [0.05, 0.1) is 22.9 Å². The fourth-order valence-electron chi connectivity index (χ4n) is 3.09. The van der Waals surface area contributed by atoms with Gasteiger partial charge in [-0.2, -0.15) is 15.2 Å². The number of aromatic nitrogens is 6. The molecule has 1 fully saturated rings. The van der Waals surface area contributed by atoms with Gasteiger partial charge in [-0.15, -0.1) is 0 Å². The van der Waals surface area contributed by atoms with Crippen molar-refractivity contribution in [1.29, 1.82) is 0 Å². The van der Waals surface area contributed by atoms with Gasteiger partial charge in [-0.25, -0.2) is 0 Å². The zero-order chi connectivity index (χ0) is 16.1. The number of hydrogen-bond acceptors (Lipinski definition) is 5. The van der Waals surface area contributed by atoms with Gasteiger partial charge in [-0.1, -0.05) is 0 Å². The van der Waals surface area contributed by atoms with Crippen LogP contribution in [0.4, 0.5) is 5.95 Å². The van der Waals surface area contributed by atoms with Crippen molar-refractivity contribution in [2.24, 2.45) is 14.1 Å². The SMILES string of the molecule is Cn1c(N2CCC(n3cc(Br)cn3)C2)nc2c(cnn2C)c1=O. The summed E-state index contributed by atoms with van der Waals surface area (Å²) in [5.41, 5.74) is 0.553. The van der Waals surface area contributed by atoms with E-state index in [0.717, 1.165) is 24.0 Å². The molecule has 3 aromatic rings. The summed E-state index contributed by atoms with van der Waals surface area (Å²) in [6.07, 6.45) is 6.30. The minimum absolute atomic E-state index is 0.0663. The van der Waals surface area contributed by atoms with Crippen LogP contribution in [-0.4, -0.2) is 42.2 Å². The molecule has 0 radical (unpaired) electrons. The first-order valence-corrected chi connectivity index (χ1v) is 8.17. The molecule has 1 unspecified atom stereocenters. The Morgan fingerprint density at radius 3 is 2.83 bits per heavy atom. The van der Waals surface area contributed by atoms with E-state index in [9.17, 15) is 4.79 Å². The van der Waals surface area contributed by atoms with Crippen LogP contribution in [0.25, 0.3) is 11.0 Å². The molecule has 3 aromatic heterocycles. The first kappa shape index (κ1) is 14.4. The summed E-state index contributed by atoms with van der Waals surface area (Å²) in [7, 11) is 3.56. The van der Waals surface area contributed by atoms with Gasteiger partial charge in [0.25, 0.3) is 5.56 Å². The Hall–Kier alpha value is -2.16. The molecule has 1 atom stereocenters. The molecule has 1 saturated heterocycles. The van der Waals surface area contributed by atoms with Crippen LogP contribution in [0.3, 0.4) is 0 Å². The van der Waals surface area contributed by atoms with Crippen molar-refractivity contribution in [3.8, 4) is 0 Å². The summed E-state index contributed by atoms with van der Waals surface area (Å²) >= 11 is 3.43. The number of halogens is 1. The third kappa shape index (κ3) is 2.26. The summed E-state index contributed by atoms with van der Waals surface area (Å²) in [4.78, 5) is 19.3. The highest BCUT2D eigenvalue weighted by atomic mass is 79.9. The van der Waals surface area contributed by atoms with E-state index in [1.807, 2.05) is 10.9 Å². The Kier molecular flexibility index (Phi) is 3.26. The first-order valence-electron chi connectivity index (χ1n) is 7.38. The Bertz CT molecular complexity index is 940. The summed E-state index contributed by atoms with van der Waals surface area (Å²) in [6, 6.07) is 0.278. The summed E-state index contributed by atoms with van der Waals surface area (Å²) in [5.74, 6) is 0.680. The quantitative estimate of drug-likeness (QED) is 0.667. The Morgan fingerprint density at radius 2 is 2.09 bits per heavy atom. The molecule has 0 bridgehead atoms. The molecule has 1 aliphatic rings. The topological polar surface area (TPSA) is 73.8 Å². The van der Waals surface area contributed by atoms with Crippen molar-refractivity contribution in [1.82, 2.24) is 29.1 Å². The molecule has 0 aliphatic carbocycles. The molecular formula is C14H16BrN7O. The summed E-state index contributed by atoms with van der Waals surface area (Å²) in [6.45, 7) is 1.61. The fourth-order valence-corrected chi connectivity index (χ4v) is 3.39. The van der Waals surface area contributed by atoms with Gasteiger partial charge in [0.15, 0.2) is 5.65 Å². The maximum absolute atomic E-state index is 12.5. The molecule has 4 rings (SSSR count). The van der Waals surface area contributed by atoms with E-state index in [0.29, 0.717) is 17.0 Å². The third-order valence-corrected chi connectivity index (χ3v) is 4.75. The second-order valence-corrected chi connectivity index (χ2v) is 6.72. The van der Waals surface area contributed by atoms with Crippen molar-refractivity contribution in [3.63, 3.8) is 0 Å². The predicted molar refractivity (Wildman–Crippen MR) is 89.5 cm³/mol. The number of aryl methyl sites for hydroxylation is 1. The zero-order valence-corrected chi connectivity index (χ0v) is 14.4. The van der Waals surface area contributed by atoms with Crippen LogP contribution in [0.5, 0.6) is 0 Å². The average Bonchev–Trinajstić information content (AvgIpc) is 3.23. The van der Waals surface area contributed by atoms with Gasteiger partial charge in [-0.3, -0.25) is 18.7 Å². The van der Waals surface area contributed by atoms with Crippen molar-refractivity contribution in [2.75, 3.05) is 18.0 Å². The maximum Gasteiger partial charge on any atom is 0.265 e. The van der Waals surface area contributed by atoms with Crippen molar-refractivity contribution in [3.05, 3.63) is 33.4 Å². The maximum atomic E-state index is 12.5.